The summed E-state index contributed by atoms with van der Waals surface area (Å²) in [5, 5.41) is 11.6. The smallest absolute Gasteiger partial charge is 0.409 e. The third-order valence-electron chi connectivity index (χ3n) is 3.94. The molecule has 22 heavy (non-hydrogen) atoms. The molecule has 1 aromatic heterocycles. The van der Waals surface area contributed by atoms with Gasteiger partial charge < -0.3 is 5.11 Å². The summed E-state index contributed by atoms with van der Waals surface area (Å²) in [6.45, 7) is 0. The molecule has 1 unspecified atom stereocenters. The first kappa shape index (κ1) is 16.7. The zero-order valence-electron chi connectivity index (χ0n) is 11.9. The Hall–Kier alpha value is -1.70. The SMILES string of the molecule is O=C(O)[C@@H](NC(c1cnccn1)C(F)(F)F)C1CCCCC1. The molecule has 0 spiro atoms. The lowest BCUT2D eigenvalue weighted by molar-refractivity contribution is -0.165. The summed E-state index contributed by atoms with van der Waals surface area (Å²) in [6, 6.07) is -3.38. The van der Waals surface area contributed by atoms with Crippen molar-refractivity contribution in [3.05, 3.63) is 24.3 Å². The Bertz CT molecular complexity index is 490. The summed E-state index contributed by atoms with van der Waals surface area (Å²) in [5.74, 6) is -1.56. The quantitative estimate of drug-likeness (QED) is 0.873. The summed E-state index contributed by atoms with van der Waals surface area (Å²) in [7, 11) is 0. The highest BCUT2D eigenvalue weighted by Gasteiger charge is 2.45. The second-order valence-corrected chi connectivity index (χ2v) is 5.49. The van der Waals surface area contributed by atoms with E-state index in [1.165, 1.54) is 6.20 Å². The molecule has 1 heterocycles. The van der Waals surface area contributed by atoms with Crippen molar-refractivity contribution in [2.75, 3.05) is 0 Å². The molecule has 0 amide bonds. The van der Waals surface area contributed by atoms with Crippen LogP contribution >= 0.6 is 0 Å². The van der Waals surface area contributed by atoms with Crippen molar-refractivity contribution >= 4 is 5.97 Å². The predicted octanol–water partition coefficient (Wildman–Crippen LogP) is 2.70. The van der Waals surface area contributed by atoms with Crippen molar-refractivity contribution in [2.45, 2.75) is 50.4 Å². The summed E-state index contributed by atoms with van der Waals surface area (Å²) in [6.07, 6.45) is 2.72. The Kier molecular flexibility index (Phi) is 5.33. The molecule has 2 atom stereocenters. The molecule has 1 fully saturated rings. The van der Waals surface area contributed by atoms with Crippen LogP contribution < -0.4 is 5.32 Å². The number of alkyl halides is 3. The Morgan fingerprint density at radius 1 is 1.27 bits per heavy atom. The van der Waals surface area contributed by atoms with Gasteiger partial charge in [0.15, 0.2) is 0 Å². The van der Waals surface area contributed by atoms with E-state index in [1.54, 1.807) is 0 Å². The molecular weight excluding hydrogens is 299 g/mol. The molecule has 8 heteroatoms. The number of aromatic nitrogens is 2. The molecule has 0 saturated heterocycles. The number of halogens is 3. The van der Waals surface area contributed by atoms with Crippen LogP contribution in [-0.2, 0) is 4.79 Å². The van der Waals surface area contributed by atoms with Gasteiger partial charge in [-0.05, 0) is 18.8 Å². The standard InChI is InChI=1S/C14H18F3N3O2/c15-14(16,17)12(10-8-18-6-7-19-10)20-11(13(21)22)9-4-2-1-3-5-9/h6-9,11-12,20H,1-5H2,(H,21,22)/t11-,12?/m0/s1. The largest absolute Gasteiger partial charge is 0.480 e. The van der Waals surface area contributed by atoms with Crippen molar-refractivity contribution in [3.8, 4) is 0 Å². The second-order valence-electron chi connectivity index (χ2n) is 5.49. The van der Waals surface area contributed by atoms with E-state index in [-0.39, 0.29) is 11.6 Å². The van der Waals surface area contributed by atoms with Crippen molar-refractivity contribution < 1.29 is 23.1 Å². The lowest BCUT2D eigenvalue weighted by Gasteiger charge is -2.31. The highest BCUT2D eigenvalue weighted by atomic mass is 19.4. The predicted molar refractivity (Wildman–Crippen MR) is 72.0 cm³/mol. The summed E-state index contributed by atoms with van der Waals surface area (Å²) < 4.78 is 39.8. The van der Waals surface area contributed by atoms with Crippen molar-refractivity contribution in [2.24, 2.45) is 5.92 Å². The average Bonchev–Trinajstić information content (AvgIpc) is 2.48. The average molecular weight is 317 g/mol. The lowest BCUT2D eigenvalue weighted by Crippen LogP contribution is -2.49. The summed E-state index contributed by atoms with van der Waals surface area (Å²) in [5.41, 5.74) is -0.322. The van der Waals surface area contributed by atoms with E-state index in [9.17, 15) is 23.1 Å². The van der Waals surface area contributed by atoms with Crippen LogP contribution in [0, 0.1) is 5.92 Å². The minimum Gasteiger partial charge on any atom is -0.480 e. The van der Waals surface area contributed by atoms with Gasteiger partial charge in [0.05, 0.1) is 11.9 Å². The third-order valence-corrected chi connectivity index (χ3v) is 3.94. The Morgan fingerprint density at radius 2 is 1.95 bits per heavy atom. The van der Waals surface area contributed by atoms with Gasteiger partial charge in [-0.25, -0.2) is 0 Å². The number of hydrogen-bond donors (Lipinski definition) is 2. The lowest BCUT2D eigenvalue weighted by atomic mass is 9.83. The van der Waals surface area contributed by atoms with E-state index < -0.39 is 24.2 Å². The first-order valence-electron chi connectivity index (χ1n) is 7.21. The molecule has 0 aliphatic heterocycles. The van der Waals surface area contributed by atoms with Gasteiger partial charge in [0.25, 0.3) is 0 Å². The maximum Gasteiger partial charge on any atom is 0.409 e. The highest BCUT2D eigenvalue weighted by Crippen LogP contribution is 2.34. The topological polar surface area (TPSA) is 75.1 Å². The molecule has 0 radical (unpaired) electrons. The first-order valence-corrected chi connectivity index (χ1v) is 7.21. The van der Waals surface area contributed by atoms with E-state index in [0.29, 0.717) is 12.8 Å². The number of nitrogens with zero attached hydrogens (tertiary/aromatic N) is 2. The van der Waals surface area contributed by atoms with Crippen LogP contribution in [0.5, 0.6) is 0 Å². The van der Waals surface area contributed by atoms with E-state index in [2.05, 4.69) is 15.3 Å². The van der Waals surface area contributed by atoms with Crippen LogP contribution in [0.2, 0.25) is 0 Å². The van der Waals surface area contributed by atoms with Gasteiger partial charge >= 0.3 is 12.1 Å². The molecule has 0 aromatic carbocycles. The Labute approximate surface area is 126 Å². The second kappa shape index (κ2) is 7.04. The summed E-state index contributed by atoms with van der Waals surface area (Å²) in [4.78, 5) is 18.7. The van der Waals surface area contributed by atoms with Gasteiger partial charge in [0, 0.05) is 12.4 Å². The molecule has 1 aliphatic carbocycles. The third kappa shape index (κ3) is 4.16. The van der Waals surface area contributed by atoms with Crippen LogP contribution in [-0.4, -0.2) is 33.3 Å². The number of carbonyl (C=O) groups is 1. The Morgan fingerprint density at radius 3 is 2.45 bits per heavy atom. The van der Waals surface area contributed by atoms with Gasteiger partial charge in [-0.1, -0.05) is 19.3 Å². The molecule has 5 nitrogen and oxygen atoms in total. The van der Waals surface area contributed by atoms with Crippen molar-refractivity contribution in [3.63, 3.8) is 0 Å². The maximum atomic E-state index is 13.3. The zero-order chi connectivity index (χ0) is 16.2. The van der Waals surface area contributed by atoms with Crippen molar-refractivity contribution in [1.82, 2.24) is 15.3 Å². The molecule has 122 valence electrons. The van der Waals surface area contributed by atoms with Gasteiger partial charge in [0.2, 0.25) is 0 Å². The fourth-order valence-corrected chi connectivity index (χ4v) is 2.86. The van der Waals surface area contributed by atoms with Crippen LogP contribution in [0.25, 0.3) is 0 Å². The monoisotopic (exact) mass is 317 g/mol. The Balaban J connectivity index is 2.21. The van der Waals surface area contributed by atoms with E-state index >= 15 is 0 Å². The number of carboxylic acids is 1. The fraction of sp³-hybridized carbons (Fsp3) is 0.643. The van der Waals surface area contributed by atoms with Crippen LogP contribution in [0.15, 0.2) is 18.6 Å². The molecule has 1 saturated carbocycles. The number of hydrogen-bond acceptors (Lipinski definition) is 4. The first-order chi connectivity index (χ1) is 10.4. The molecule has 0 bridgehead atoms. The van der Waals surface area contributed by atoms with E-state index in [0.717, 1.165) is 31.7 Å². The van der Waals surface area contributed by atoms with Crippen LogP contribution in [0.3, 0.4) is 0 Å². The van der Waals surface area contributed by atoms with Gasteiger partial charge in [-0.3, -0.25) is 20.1 Å². The van der Waals surface area contributed by atoms with Crippen molar-refractivity contribution in [1.29, 1.82) is 0 Å². The van der Waals surface area contributed by atoms with E-state index in [1.807, 2.05) is 0 Å². The number of rotatable bonds is 5. The van der Waals surface area contributed by atoms with Gasteiger partial charge in [-0.15, -0.1) is 0 Å². The molecule has 2 rings (SSSR count). The molecular formula is C14H18F3N3O2. The molecule has 1 aromatic rings. The van der Waals surface area contributed by atoms with Crippen LogP contribution in [0.1, 0.15) is 43.8 Å². The number of aliphatic carboxylic acids is 1. The molecule has 2 N–H and O–H groups in total. The normalized spacial score (nSPS) is 19.6. The van der Waals surface area contributed by atoms with Gasteiger partial charge in [0.1, 0.15) is 12.1 Å². The number of nitrogens with one attached hydrogen (secondary N) is 1. The minimum absolute atomic E-state index is 0.298. The summed E-state index contributed by atoms with van der Waals surface area (Å²) >= 11 is 0. The maximum absolute atomic E-state index is 13.3. The zero-order valence-corrected chi connectivity index (χ0v) is 11.9. The highest BCUT2D eigenvalue weighted by molar-refractivity contribution is 5.74. The molecule has 1 aliphatic rings. The van der Waals surface area contributed by atoms with Crippen LogP contribution in [0.4, 0.5) is 13.2 Å². The fourth-order valence-electron chi connectivity index (χ4n) is 2.86. The van der Waals surface area contributed by atoms with Gasteiger partial charge in [-0.2, -0.15) is 13.2 Å². The van der Waals surface area contributed by atoms with E-state index in [4.69, 9.17) is 0 Å². The number of carboxylic acid groups (broad SMARTS) is 1. The minimum atomic E-state index is -4.64.